The third kappa shape index (κ3) is 5.42. The van der Waals surface area contributed by atoms with Crippen LogP contribution in [0.25, 0.3) is 0 Å². The van der Waals surface area contributed by atoms with Gasteiger partial charge in [-0.15, -0.1) is 23.5 Å². The quantitative estimate of drug-likeness (QED) is 0.524. The molecule has 158 valence electrons. The molecule has 5 nitrogen and oxygen atoms in total. The maximum Gasteiger partial charge on any atom is 0.255 e. The normalized spacial score (nSPS) is 13.7. The van der Waals surface area contributed by atoms with Gasteiger partial charge in [0.05, 0.1) is 10.1 Å². The van der Waals surface area contributed by atoms with E-state index in [9.17, 15) is 9.59 Å². The number of ether oxygens (including phenoxy) is 1. The van der Waals surface area contributed by atoms with Crippen LogP contribution in [-0.2, 0) is 6.61 Å². The van der Waals surface area contributed by atoms with Crippen molar-refractivity contribution < 1.29 is 14.3 Å². The van der Waals surface area contributed by atoms with Gasteiger partial charge in [-0.3, -0.25) is 9.59 Å². The van der Waals surface area contributed by atoms with E-state index in [2.05, 4.69) is 11.4 Å². The van der Waals surface area contributed by atoms with Crippen LogP contribution < -0.4 is 15.8 Å². The van der Waals surface area contributed by atoms with Gasteiger partial charge in [0.15, 0.2) is 0 Å². The molecule has 3 aromatic carbocycles. The van der Waals surface area contributed by atoms with Crippen molar-refractivity contribution in [3.05, 3.63) is 95.1 Å². The zero-order valence-corrected chi connectivity index (χ0v) is 18.4. The van der Waals surface area contributed by atoms with Gasteiger partial charge in [0.2, 0.25) is 0 Å². The van der Waals surface area contributed by atoms with Crippen LogP contribution in [0.15, 0.2) is 72.8 Å². The van der Waals surface area contributed by atoms with Gasteiger partial charge in [-0.2, -0.15) is 0 Å². The molecule has 1 aliphatic heterocycles. The molecule has 0 saturated carbocycles. The molecule has 1 saturated heterocycles. The number of carbonyl (C=O) groups is 2. The van der Waals surface area contributed by atoms with E-state index in [4.69, 9.17) is 10.5 Å². The summed E-state index contributed by atoms with van der Waals surface area (Å²) in [6.45, 7) is 0.219. The topological polar surface area (TPSA) is 81.4 Å². The summed E-state index contributed by atoms with van der Waals surface area (Å²) in [4.78, 5) is 24.3. The van der Waals surface area contributed by atoms with Gasteiger partial charge in [-0.25, -0.2) is 0 Å². The number of primary amides is 1. The summed E-state index contributed by atoms with van der Waals surface area (Å²) >= 11 is 3.87. The van der Waals surface area contributed by atoms with Crippen molar-refractivity contribution in [1.29, 1.82) is 0 Å². The van der Waals surface area contributed by atoms with Gasteiger partial charge in [0, 0.05) is 22.8 Å². The zero-order valence-electron chi connectivity index (χ0n) is 16.7. The fraction of sp³-hybridized carbons (Fsp3) is 0.167. The van der Waals surface area contributed by atoms with Crippen LogP contribution in [0.3, 0.4) is 0 Å². The molecule has 1 fully saturated rings. The maximum atomic E-state index is 12.8. The molecule has 31 heavy (non-hydrogen) atoms. The molecule has 0 radical (unpaired) electrons. The highest BCUT2D eigenvalue weighted by Gasteiger charge is 2.18. The Kier molecular flexibility index (Phi) is 6.84. The molecule has 0 aromatic heterocycles. The van der Waals surface area contributed by atoms with Crippen LogP contribution in [-0.4, -0.2) is 23.3 Å². The molecule has 1 heterocycles. The fourth-order valence-electron chi connectivity index (χ4n) is 3.28. The third-order valence-corrected chi connectivity index (χ3v) is 7.88. The lowest BCUT2D eigenvalue weighted by molar-refractivity contribution is 0.0994. The lowest BCUT2D eigenvalue weighted by atomic mass is 10.1. The predicted octanol–water partition coefficient (Wildman–Crippen LogP) is 5.10. The molecule has 3 N–H and O–H groups in total. The lowest BCUT2D eigenvalue weighted by Crippen LogP contribution is -2.14. The molecule has 0 bridgehead atoms. The molecule has 7 heteroatoms. The minimum absolute atomic E-state index is 0.178. The van der Waals surface area contributed by atoms with E-state index < -0.39 is 5.91 Å². The van der Waals surface area contributed by atoms with Crippen LogP contribution in [0, 0.1) is 0 Å². The van der Waals surface area contributed by atoms with E-state index in [0.29, 0.717) is 21.5 Å². The van der Waals surface area contributed by atoms with Crippen molar-refractivity contribution in [2.24, 2.45) is 5.73 Å². The van der Waals surface area contributed by atoms with Crippen molar-refractivity contribution in [2.45, 2.75) is 11.2 Å². The van der Waals surface area contributed by atoms with Crippen LogP contribution in [0.2, 0.25) is 0 Å². The minimum Gasteiger partial charge on any atom is -0.488 e. The standard InChI is InChI=1S/C24H22N2O3S2/c25-22(27)20-9-1-2-10-21(20)29-15-16-5-3-6-17(13-16)23(28)26-19-8-4-7-18(14-19)24-30-11-12-31-24/h1-10,13-14,24H,11-12,15H2,(H2,25,27)(H,26,28). The number of anilines is 1. The van der Waals surface area contributed by atoms with Gasteiger partial charge in [-0.05, 0) is 47.5 Å². The number of thioether (sulfide) groups is 2. The molecule has 0 aliphatic carbocycles. The van der Waals surface area contributed by atoms with Gasteiger partial charge in [0.1, 0.15) is 12.4 Å². The first-order chi connectivity index (χ1) is 15.1. The lowest BCUT2D eigenvalue weighted by Gasteiger charge is -2.12. The number of nitrogens with one attached hydrogen (secondary N) is 1. The average molecular weight is 451 g/mol. The van der Waals surface area contributed by atoms with Crippen LogP contribution >= 0.6 is 23.5 Å². The van der Waals surface area contributed by atoms with Crippen molar-refractivity contribution in [1.82, 2.24) is 0 Å². The van der Waals surface area contributed by atoms with Crippen LogP contribution in [0.5, 0.6) is 5.75 Å². The minimum atomic E-state index is -0.541. The van der Waals surface area contributed by atoms with Crippen molar-refractivity contribution in [2.75, 3.05) is 16.8 Å². The SMILES string of the molecule is NC(=O)c1ccccc1OCc1cccc(C(=O)Nc2cccc(C3SCCS3)c2)c1. The van der Waals surface area contributed by atoms with Crippen molar-refractivity contribution >= 4 is 41.0 Å². The summed E-state index contributed by atoms with van der Waals surface area (Å²) in [7, 11) is 0. The molecular formula is C24H22N2O3S2. The summed E-state index contributed by atoms with van der Waals surface area (Å²) in [5, 5.41) is 2.99. The number of para-hydroxylation sites is 1. The monoisotopic (exact) mass is 450 g/mol. The molecule has 0 spiro atoms. The fourth-order valence-corrected chi connectivity index (χ4v) is 6.11. The Morgan fingerprint density at radius 1 is 0.968 bits per heavy atom. The maximum absolute atomic E-state index is 12.8. The molecular weight excluding hydrogens is 428 g/mol. The summed E-state index contributed by atoms with van der Waals surface area (Å²) in [6, 6.07) is 22.1. The van der Waals surface area contributed by atoms with E-state index in [1.165, 1.54) is 5.56 Å². The first-order valence-corrected chi connectivity index (χ1v) is 11.9. The number of nitrogens with two attached hydrogens (primary N) is 1. The summed E-state index contributed by atoms with van der Waals surface area (Å²) < 4.78 is 6.20. The molecule has 4 rings (SSSR count). The largest absolute Gasteiger partial charge is 0.488 e. The van der Waals surface area contributed by atoms with Gasteiger partial charge >= 0.3 is 0 Å². The van der Waals surface area contributed by atoms with E-state index >= 15 is 0 Å². The highest BCUT2D eigenvalue weighted by atomic mass is 32.2. The van der Waals surface area contributed by atoms with Gasteiger partial charge < -0.3 is 15.8 Å². The summed E-state index contributed by atoms with van der Waals surface area (Å²) in [5.41, 5.74) is 9.09. The molecule has 0 atom stereocenters. The number of carbonyl (C=O) groups excluding carboxylic acids is 2. The van der Waals surface area contributed by atoms with Gasteiger partial charge in [-0.1, -0.05) is 36.4 Å². The average Bonchev–Trinajstić information content (AvgIpc) is 3.33. The second kappa shape index (κ2) is 9.94. The Bertz CT molecular complexity index is 1100. The molecule has 3 aromatic rings. The Labute approximate surface area is 189 Å². The summed E-state index contributed by atoms with van der Waals surface area (Å²) in [5.74, 6) is 2.02. The molecule has 2 amide bonds. The smallest absolute Gasteiger partial charge is 0.255 e. The Morgan fingerprint density at radius 3 is 2.55 bits per heavy atom. The van der Waals surface area contributed by atoms with E-state index in [-0.39, 0.29) is 12.5 Å². The highest BCUT2D eigenvalue weighted by Crippen LogP contribution is 2.45. The zero-order chi connectivity index (χ0) is 21.6. The second-order valence-corrected chi connectivity index (χ2v) is 9.73. The van der Waals surface area contributed by atoms with Crippen LogP contribution in [0.4, 0.5) is 5.69 Å². The Hall–Kier alpha value is -2.90. The number of hydrogen-bond acceptors (Lipinski definition) is 5. The Balaban J connectivity index is 1.43. The van der Waals surface area contributed by atoms with Crippen molar-refractivity contribution in [3.63, 3.8) is 0 Å². The van der Waals surface area contributed by atoms with Gasteiger partial charge in [0.25, 0.3) is 11.8 Å². The predicted molar refractivity (Wildman–Crippen MR) is 128 cm³/mol. The molecule has 0 unspecified atom stereocenters. The number of benzene rings is 3. The highest BCUT2D eigenvalue weighted by molar-refractivity contribution is 8.19. The number of rotatable bonds is 7. The second-order valence-electron chi connectivity index (χ2n) is 7.00. The van der Waals surface area contributed by atoms with E-state index in [1.807, 2.05) is 53.9 Å². The molecule has 1 aliphatic rings. The van der Waals surface area contributed by atoms with E-state index in [0.717, 1.165) is 22.8 Å². The number of hydrogen-bond donors (Lipinski definition) is 2. The number of amides is 2. The first kappa shape index (κ1) is 21.3. The van der Waals surface area contributed by atoms with E-state index in [1.54, 1.807) is 36.4 Å². The van der Waals surface area contributed by atoms with Crippen LogP contribution in [0.1, 0.15) is 36.4 Å². The third-order valence-electron chi connectivity index (χ3n) is 4.77. The van der Waals surface area contributed by atoms with Crippen molar-refractivity contribution in [3.8, 4) is 5.75 Å². The Morgan fingerprint density at radius 2 is 1.74 bits per heavy atom. The summed E-state index contributed by atoms with van der Waals surface area (Å²) in [6.07, 6.45) is 0. The first-order valence-electron chi connectivity index (χ1n) is 9.85.